The number of aromatic nitrogens is 3. The van der Waals surface area contributed by atoms with Gasteiger partial charge in [0.05, 0.1) is 4.53 Å². The minimum atomic E-state index is -2.88. The summed E-state index contributed by atoms with van der Waals surface area (Å²) in [6.07, 6.45) is 1.59. The SMILES string of the molecule is Cc1nc2sc(=Cc3cccc(OC(F)F)c3)c(=O)n2n1. The van der Waals surface area contributed by atoms with Crippen LogP contribution in [0.25, 0.3) is 11.0 Å². The van der Waals surface area contributed by atoms with Crippen molar-refractivity contribution >= 4 is 22.4 Å². The molecule has 0 N–H and O–H groups in total. The second kappa shape index (κ2) is 5.21. The smallest absolute Gasteiger partial charge is 0.387 e. The van der Waals surface area contributed by atoms with Gasteiger partial charge in [-0.3, -0.25) is 4.79 Å². The number of rotatable bonds is 3. The maximum absolute atomic E-state index is 12.2. The zero-order valence-electron chi connectivity index (χ0n) is 10.8. The molecule has 0 aliphatic rings. The number of fused-ring (bicyclic) bond motifs is 1. The highest BCUT2D eigenvalue weighted by Crippen LogP contribution is 2.16. The highest BCUT2D eigenvalue weighted by molar-refractivity contribution is 7.15. The van der Waals surface area contributed by atoms with Crippen molar-refractivity contribution < 1.29 is 13.5 Å². The van der Waals surface area contributed by atoms with E-state index in [2.05, 4.69) is 14.8 Å². The van der Waals surface area contributed by atoms with Crippen molar-refractivity contribution in [3.63, 3.8) is 0 Å². The molecule has 2 aromatic heterocycles. The molecule has 0 amide bonds. The number of aryl methyl sites for hydroxylation is 1. The maximum atomic E-state index is 12.2. The fourth-order valence-corrected chi connectivity index (χ4v) is 2.82. The number of ether oxygens (including phenoxy) is 1. The highest BCUT2D eigenvalue weighted by Gasteiger charge is 2.08. The van der Waals surface area contributed by atoms with Crippen LogP contribution in [-0.4, -0.2) is 21.2 Å². The summed E-state index contributed by atoms with van der Waals surface area (Å²) in [5.74, 6) is 0.568. The lowest BCUT2D eigenvalue weighted by molar-refractivity contribution is -0.0498. The molecule has 8 heteroatoms. The molecule has 0 saturated heterocycles. The van der Waals surface area contributed by atoms with Gasteiger partial charge in [-0.1, -0.05) is 23.5 Å². The summed E-state index contributed by atoms with van der Waals surface area (Å²) in [5.41, 5.74) is 0.308. The van der Waals surface area contributed by atoms with E-state index in [1.807, 2.05) is 0 Å². The van der Waals surface area contributed by atoms with Gasteiger partial charge in [-0.05, 0) is 30.7 Å². The van der Waals surface area contributed by atoms with Gasteiger partial charge in [0.25, 0.3) is 5.56 Å². The van der Waals surface area contributed by atoms with E-state index in [1.165, 1.54) is 28.0 Å². The number of halogens is 2. The number of thiazole rings is 1. The fraction of sp³-hybridized carbons (Fsp3) is 0.154. The average molecular weight is 309 g/mol. The van der Waals surface area contributed by atoms with Gasteiger partial charge in [0, 0.05) is 0 Å². The van der Waals surface area contributed by atoms with Crippen LogP contribution in [0.2, 0.25) is 0 Å². The maximum Gasteiger partial charge on any atom is 0.387 e. The summed E-state index contributed by atoms with van der Waals surface area (Å²) >= 11 is 1.19. The minimum Gasteiger partial charge on any atom is -0.435 e. The van der Waals surface area contributed by atoms with Crippen LogP contribution in [0.5, 0.6) is 5.75 Å². The van der Waals surface area contributed by atoms with Crippen LogP contribution in [0.3, 0.4) is 0 Å². The molecule has 0 aliphatic carbocycles. The molecular formula is C13H9F2N3O2S. The Balaban J connectivity index is 2.05. The molecule has 0 radical (unpaired) electrons. The number of hydrogen-bond donors (Lipinski definition) is 0. The summed E-state index contributed by atoms with van der Waals surface area (Å²) in [6.45, 7) is -1.18. The monoisotopic (exact) mass is 309 g/mol. The van der Waals surface area contributed by atoms with Crippen molar-refractivity contribution in [3.8, 4) is 5.75 Å². The predicted octanol–water partition coefficient (Wildman–Crippen LogP) is 1.61. The van der Waals surface area contributed by atoms with Gasteiger partial charge in [-0.25, -0.2) is 4.98 Å². The Labute approximate surface area is 121 Å². The molecule has 108 valence electrons. The van der Waals surface area contributed by atoms with Crippen LogP contribution in [0.4, 0.5) is 8.78 Å². The Kier molecular flexibility index (Phi) is 3.38. The van der Waals surface area contributed by atoms with Crippen LogP contribution in [0.15, 0.2) is 29.1 Å². The number of hydrogen-bond acceptors (Lipinski definition) is 5. The Morgan fingerprint density at radius 1 is 1.43 bits per heavy atom. The van der Waals surface area contributed by atoms with Crippen LogP contribution >= 0.6 is 11.3 Å². The number of alkyl halides is 2. The standard InChI is InChI=1S/C13H9F2N3O2S/c1-7-16-13-18(17-7)11(19)10(21-13)6-8-3-2-4-9(5-8)20-12(14)15/h2-6,12H,1H3. The van der Waals surface area contributed by atoms with Crippen LogP contribution in [0, 0.1) is 6.92 Å². The van der Waals surface area contributed by atoms with E-state index in [0.717, 1.165) is 0 Å². The van der Waals surface area contributed by atoms with E-state index >= 15 is 0 Å². The van der Waals surface area contributed by atoms with E-state index in [4.69, 9.17) is 0 Å². The summed E-state index contributed by atoms with van der Waals surface area (Å²) in [5, 5.41) is 3.99. The van der Waals surface area contributed by atoms with Crippen molar-refractivity contribution in [1.29, 1.82) is 0 Å². The Bertz CT molecular complexity index is 904. The molecule has 0 spiro atoms. The molecular weight excluding hydrogens is 300 g/mol. The van der Waals surface area contributed by atoms with Crippen molar-refractivity contribution in [2.45, 2.75) is 13.5 Å². The lowest BCUT2D eigenvalue weighted by atomic mass is 10.2. The van der Waals surface area contributed by atoms with Gasteiger partial charge < -0.3 is 4.74 Å². The minimum absolute atomic E-state index is 0.0431. The molecule has 0 saturated carbocycles. The number of benzene rings is 1. The van der Waals surface area contributed by atoms with E-state index in [-0.39, 0.29) is 11.3 Å². The van der Waals surface area contributed by atoms with Gasteiger partial charge in [0.15, 0.2) is 0 Å². The van der Waals surface area contributed by atoms with Crippen LogP contribution in [-0.2, 0) is 0 Å². The summed E-state index contributed by atoms with van der Waals surface area (Å²) < 4.78 is 30.3. The van der Waals surface area contributed by atoms with Gasteiger partial charge >= 0.3 is 6.61 Å². The van der Waals surface area contributed by atoms with Gasteiger partial charge in [-0.15, -0.1) is 5.10 Å². The van der Waals surface area contributed by atoms with Crippen molar-refractivity contribution in [1.82, 2.24) is 14.6 Å². The first-order valence-corrected chi connectivity index (χ1v) is 6.77. The number of nitrogens with zero attached hydrogens (tertiary/aromatic N) is 3. The van der Waals surface area contributed by atoms with Crippen molar-refractivity contribution in [3.05, 3.63) is 50.5 Å². The molecule has 0 bridgehead atoms. The molecule has 3 rings (SSSR count). The Hall–Kier alpha value is -2.35. The molecule has 0 unspecified atom stereocenters. The Morgan fingerprint density at radius 3 is 2.95 bits per heavy atom. The zero-order valence-corrected chi connectivity index (χ0v) is 11.6. The quantitative estimate of drug-likeness (QED) is 0.737. The van der Waals surface area contributed by atoms with E-state index in [1.54, 1.807) is 25.1 Å². The molecule has 1 aromatic carbocycles. The largest absolute Gasteiger partial charge is 0.435 e. The second-order valence-corrected chi connectivity index (χ2v) is 5.23. The fourth-order valence-electron chi connectivity index (χ4n) is 1.86. The lowest BCUT2D eigenvalue weighted by Crippen LogP contribution is -2.23. The first-order valence-electron chi connectivity index (χ1n) is 5.96. The summed E-state index contributed by atoms with van der Waals surface area (Å²) in [6, 6.07) is 6.13. The van der Waals surface area contributed by atoms with Gasteiger partial charge in [-0.2, -0.15) is 13.3 Å². The second-order valence-electron chi connectivity index (χ2n) is 4.22. The first-order chi connectivity index (χ1) is 10.0. The van der Waals surface area contributed by atoms with Gasteiger partial charge in [0.1, 0.15) is 11.6 Å². The van der Waals surface area contributed by atoms with Crippen molar-refractivity contribution in [2.75, 3.05) is 0 Å². The molecule has 0 fully saturated rings. The third kappa shape index (κ3) is 2.75. The van der Waals surface area contributed by atoms with E-state index < -0.39 is 6.61 Å². The molecule has 5 nitrogen and oxygen atoms in total. The van der Waals surface area contributed by atoms with E-state index in [0.29, 0.717) is 20.9 Å². The topological polar surface area (TPSA) is 56.5 Å². The van der Waals surface area contributed by atoms with Crippen LogP contribution in [0.1, 0.15) is 11.4 Å². The average Bonchev–Trinajstić information content (AvgIpc) is 2.89. The molecule has 0 atom stereocenters. The van der Waals surface area contributed by atoms with Crippen LogP contribution < -0.4 is 14.8 Å². The molecule has 3 aromatic rings. The summed E-state index contributed by atoms with van der Waals surface area (Å²) in [4.78, 5) is 16.7. The third-order valence-corrected chi connectivity index (χ3v) is 3.63. The first kappa shape index (κ1) is 13.6. The van der Waals surface area contributed by atoms with E-state index in [9.17, 15) is 13.6 Å². The third-order valence-electron chi connectivity index (χ3n) is 2.67. The van der Waals surface area contributed by atoms with Crippen molar-refractivity contribution in [2.24, 2.45) is 0 Å². The normalized spacial score (nSPS) is 12.5. The Morgan fingerprint density at radius 2 is 2.24 bits per heavy atom. The summed E-state index contributed by atoms with van der Waals surface area (Å²) in [7, 11) is 0. The highest BCUT2D eigenvalue weighted by atomic mass is 32.1. The molecule has 0 aliphatic heterocycles. The predicted molar refractivity (Wildman–Crippen MR) is 73.7 cm³/mol. The molecule has 21 heavy (non-hydrogen) atoms. The zero-order chi connectivity index (χ0) is 15.0. The lowest BCUT2D eigenvalue weighted by Gasteiger charge is -2.04. The molecule has 2 heterocycles. The van der Waals surface area contributed by atoms with Gasteiger partial charge in [0.2, 0.25) is 4.96 Å².